The molecule has 0 fully saturated rings. The van der Waals surface area contributed by atoms with E-state index in [1.807, 2.05) is 24.3 Å². The summed E-state index contributed by atoms with van der Waals surface area (Å²) >= 11 is 5.77. The monoisotopic (exact) mass is 248 g/mol. The van der Waals surface area contributed by atoms with Crippen molar-refractivity contribution in [2.24, 2.45) is 0 Å². The van der Waals surface area contributed by atoms with E-state index in [-0.39, 0.29) is 10.7 Å². The minimum atomic E-state index is -0.224. The number of nitrogens with one attached hydrogen (secondary N) is 1. The summed E-state index contributed by atoms with van der Waals surface area (Å²) in [6.45, 7) is 2.14. The van der Waals surface area contributed by atoms with Crippen molar-refractivity contribution in [2.75, 3.05) is 0 Å². The van der Waals surface area contributed by atoms with Gasteiger partial charge in [-0.2, -0.15) is 5.10 Å². The number of hydrogen-bond donors (Lipinski definition) is 1. The molecule has 0 saturated carbocycles. The first-order valence-electron chi connectivity index (χ1n) is 5.55. The third-order valence-electron chi connectivity index (χ3n) is 2.58. The van der Waals surface area contributed by atoms with Crippen LogP contribution in [0.25, 0.3) is 11.1 Å². The van der Waals surface area contributed by atoms with Gasteiger partial charge in [0, 0.05) is 0 Å². The predicted octanol–water partition coefficient (Wildman–Crippen LogP) is 3.04. The van der Waals surface area contributed by atoms with Crippen molar-refractivity contribution in [3.63, 3.8) is 0 Å². The second-order valence-corrected chi connectivity index (χ2v) is 4.27. The molecule has 0 aliphatic carbocycles. The van der Waals surface area contributed by atoms with Crippen LogP contribution in [0.3, 0.4) is 0 Å². The summed E-state index contributed by atoms with van der Waals surface area (Å²) in [5.74, 6) is 0. The normalized spacial score (nSPS) is 10.5. The summed E-state index contributed by atoms with van der Waals surface area (Å²) in [5, 5.41) is 6.30. The Hall–Kier alpha value is -1.61. The molecule has 1 aromatic carbocycles. The minimum Gasteiger partial charge on any atom is -0.267 e. The number of hydrogen-bond acceptors (Lipinski definition) is 2. The molecule has 0 aliphatic heterocycles. The first-order valence-corrected chi connectivity index (χ1v) is 5.93. The maximum atomic E-state index is 11.6. The van der Waals surface area contributed by atoms with Gasteiger partial charge < -0.3 is 0 Å². The second-order valence-electron chi connectivity index (χ2n) is 3.88. The van der Waals surface area contributed by atoms with Crippen molar-refractivity contribution < 1.29 is 0 Å². The molecular formula is C13H13ClN2O. The number of aromatic nitrogens is 2. The Morgan fingerprint density at radius 1 is 1.29 bits per heavy atom. The molecule has 88 valence electrons. The van der Waals surface area contributed by atoms with Crippen LogP contribution in [0.4, 0.5) is 0 Å². The first kappa shape index (κ1) is 11.9. The molecule has 0 saturated heterocycles. The molecule has 2 aromatic rings. The van der Waals surface area contributed by atoms with Crippen LogP contribution >= 0.6 is 11.6 Å². The summed E-state index contributed by atoms with van der Waals surface area (Å²) in [7, 11) is 0. The van der Waals surface area contributed by atoms with Crippen LogP contribution in [0.15, 0.2) is 35.1 Å². The fraction of sp³-hybridized carbons (Fsp3) is 0.231. The van der Waals surface area contributed by atoms with E-state index in [0.29, 0.717) is 5.56 Å². The smallest absolute Gasteiger partial charge is 0.267 e. The Bertz CT molecular complexity index is 560. The number of rotatable bonds is 3. The van der Waals surface area contributed by atoms with Crippen molar-refractivity contribution >= 4 is 11.6 Å². The summed E-state index contributed by atoms with van der Waals surface area (Å²) in [6, 6.07) is 9.52. The van der Waals surface area contributed by atoms with Crippen LogP contribution in [0.2, 0.25) is 5.15 Å². The molecule has 2 rings (SSSR count). The van der Waals surface area contributed by atoms with E-state index in [9.17, 15) is 4.79 Å². The average Bonchev–Trinajstić information content (AvgIpc) is 2.34. The standard InChI is InChI=1S/C13H13ClN2O/c1-2-3-9-4-6-10(7-5-9)11-8-12(14)15-16-13(11)17/h4-8H,2-3H2,1H3,(H,16,17). The van der Waals surface area contributed by atoms with Gasteiger partial charge in [-0.3, -0.25) is 4.79 Å². The number of H-pyrrole nitrogens is 1. The van der Waals surface area contributed by atoms with Gasteiger partial charge in [0.2, 0.25) is 0 Å². The van der Waals surface area contributed by atoms with E-state index in [1.54, 1.807) is 6.07 Å². The van der Waals surface area contributed by atoms with Crippen LogP contribution in [0, 0.1) is 0 Å². The number of nitrogens with zero attached hydrogens (tertiary/aromatic N) is 1. The van der Waals surface area contributed by atoms with Crippen molar-refractivity contribution in [1.82, 2.24) is 10.2 Å². The maximum Gasteiger partial charge on any atom is 0.272 e. The zero-order valence-electron chi connectivity index (χ0n) is 9.53. The Morgan fingerprint density at radius 3 is 2.65 bits per heavy atom. The van der Waals surface area contributed by atoms with Gasteiger partial charge in [-0.15, -0.1) is 0 Å². The highest BCUT2D eigenvalue weighted by Crippen LogP contribution is 2.18. The van der Waals surface area contributed by atoms with E-state index in [2.05, 4.69) is 17.1 Å². The van der Waals surface area contributed by atoms with E-state index in [1.165, 1.54) is 5.56 Å². The van der Waals surface area contributed by atoms with Crippen LogP contribution < -0.4 is 5.56 Å². The van der Waals surface area contributed by atoms with Crippen molar-refractivity contribution in [2.45, 2.75) is 19.8 Å². The molecule has 3 nitrogen and oxygen atoms in total. The zero-order valence-corrected chi connectivity index (χ0v) is 10.3. The lowest BCUT2D eigenvalue weighted by atomic mass is 10.0. The summed E-state index contributed by atoms with van der Waals surface area (Å²) in [6.07, 6.45) is 2.16. The van der Waals surface area contributed by atoms with Crippen LogP contribution in [0.1, 0.15) is 18.9 Å². The van der Waals surface area contributed by atoms with Gasteiger partial charge in [0.15, 0.2) is 0 Å². The molecule has 1 aromatic heterocycles. The first-order chi connectivity index (χ1) is 8.20. The van der Waals surface area contributed by atoms with E-state index < -0.39 is 0 Å². The highest BCUT2D eigenvalue weighted by atomic mass is 35.5. The predicted molar refractivity (Wildman–Crippen MR) is 69.3 cm³/mol. The molecule has 0 bridgehead atoms. The molecule has 1 heterocycles. The second kappa shape index (κ2) is 5.15. The Morgan fingerprint density at radius 2 is 2.00 bits per heavy atom. The minimum absolute atomic E-state index is 0.224. The van der Waals surface area contributed by atoms with Crippen LogP contribution in [-0.4, -0.2) is 10.2 Å². The van der Waals surface area contributed by atoms with E-state index in [0.717, 1.165) is 18.4 Å². The van der Waals surface area contributed by atoms with Crippen LogP contribution in [0.5, 0.6) is 0 Å². The number of aromatic amines is 1. The van der Waals surface area contributed by atoms with Gasteiger partial charge in [0.05, 0.1) is 5.56 Å². The molecule has 4 heteroatoms. The SMILES string of the molecule is CCCc1ccc(-c2cc(Cl)n[nH]c2=O)cc1. The number of benzene rings is 1. The van der Waals surface area contributed by atoms with Crippen molar-refractivity contribution in [1.29, 1.82) is 0 Å². The van der Waals surface area contributed by atoms with Crippen LogP contribution in [-0.2, 0) is 6.42 Å². The molecule has 0 radical (unpaired) electrons. The molecule has 1 N–H and O–H groups in total. The fourth-order valence-corrected chi connectivity index (χ4v) is 1.89. The van der Waals surface area contributed by atoms with Gasteiger partial charge in [-0.05, 0) is 23.6 Å². The lowest BCUT2D eigenvalue weighted by Crippen LogP contribution is -2.10. The van der Waals surface area contributed by atoms with Crippen molar-refractivity contribution in [3.8, 4) is 11.1 Å². The lowest BCUT2D eigenvalue weighted by molar-refractivity contribution is 0.922. The molecule has 0 aliphatic rings. The fourth-order valence-electron chi connectivity index (χ4n) is 1.74. The number of halogens is 1. The number of aryl methyl sites for hydroxylation is 1. The highest BCUT2D eigenvalue weighted by molar-refractivity contribution is 6.29. The summed E-state index contributed by atoms with van der Waals surface area (Å²) < 4.78 is 0. The van der Waals surface area contributed by atoms with Gasteiger partial charge in [-0.25, -0.2) is 5.10 Å². The largest absolute Gasteiger partial charge is 0.272 e. The lowest BCUT2D eigenvalue weighted by Gasteiger charge is -2.03. The quantitative estimate of drug-likeness (QED) is 0.908. The Kier molecular flexibility index (Phi) is 3.59. The van der Waals surface area contributed by atoms with Gasteiger partial charge in [0.1, 0.15) is 5.15 Å². The van der Waals surface area contributed by atoms with Crippen molar-refractivity contribution in [3.05, 3.63) is 51.4 Å². The molecule has 17 heavy (non-hydrogen) atoms. The molecule has 0 atom stereocenters. The Balaban J connectivity index is 2.39. The van der Waals surface area contributed by atoms with Gasteiger partial charge in [0.25, 0.3) is 5.56 Å². The van der Waals surface area contributed by atoms with Gasteiger partial charge in [-0.1, -0.05) is 49.2 Å². The topological polar surface area (TPSA) is 45.8 Å². The maximum absolute atomic E-state index is 11.6. The third kappa shape index (κ3) is 2.74. The molecule has 0 amide bonds. The summed E-state index contributed by atoms with van der Waals surface area (Å²) in [5.41, 5.74) is 2.45. The highest BCUT2D eigenvalue weighted by Gasteiger charge is 2.04. The van der Waals surface area contributed by atoms with Gasteiger partial charge >= 0.3 is 0 Å². The third-order valence-corrected chi connectivity index (χ3v) is 2.77. The summed E-state index contributed by atoms with van der Waals surface area (Å²) in [4.78, 5) is 11.6. The van der Waals surface area contributed by atoms with E-state index in [4.69, 9.17) is 11.6 Å². The Labute approximate surface area is 104 Å². The zero-order chi connectivity index (χ0) is 12.3. The average molecular weight is 249 g/mol. The molecular weight excluding hydrogens is 236 g/mol. The van der Waals surface area contributed by atoms with E-state index >= 15 is 0 Å². The molecule has 0 spiro atoms. The molecule has 0 unspecified atom stereocenters.